The third-order valence-electron chi connectivity index (χ3n) is 11.7. The number of Topliss-reactive ketones (excluding diaryl/α,β-unsaturated/α-hetero) is 1. The number of ketones is 1. The lowest BCUT2D eigenvalue weighted by Crippen LogP contribution is -2.54. The maximum atomic E-state index is 14.9. The number of hydrogen-bond acceptors (Lipinski definition) is 7. The second kappa shape index (κ2) is 14.1. The molecule has 10 nitrogen and oxygen atoms in total. The molecule has 2 saturated carbocycles. The number of benzene rings is 2. The molecule has 2 aliphatic heterocycles. The van der Waals surface area contributed by atoms with Gasteiger partial charge in [0.05, 0.1) is 28.2 Å². The zero-order chi connectivity index (χ0) is 36.8. The molecule has 3 fully saturated rings. The van der Waals surface area contributed by atoms with Crippen LogP contribution in [0.2, 0.25) is 0 Å². The van der Waals surface area contributed by atoms with E-state index in [9.17, 15) is 27.2 Å². The zero-order valence-corrected chi connectivity index (χ0v) is 31.1. The minimum Gasteiger partial charge on any atom is -0.459 e. The number of halogens is 1. The van der Waals surface area contributed by atoms with Crippen LogP contribution in [0.4, 0.5) is 4.39 Å². The number of carbonyl (C=O) groups is 3. The van der Waals surface area contributed by atoms with Crippen LogP contribution in [0, 0.1) is 30.0 Å². The summed E-state index contributed by atoms with van der Waals surface area (Å²) < 4.78 is 51.2. The summed E-state index contributed by atoms with van der Waals surface area (Å²) >= 11 is 0. The van der Waals surface area contributed by atoms with Crippen LogP contribution in [0.3, 0.4) is 0 Å². The monoisotopic (exact) mass is 732 g/mol. The molecule has 0 spiro atoms. The second-order valence-corrected chi connectivity index (χ2v) is 17.6. The Balaban J connectivity index is 1.24. The smallest absolute Gasteiger partial charge is 0.297 e. The molecule has 0 unspecified atom stereocenters. The Bertz CT molecular complexity index is 2000. The number of sulfonamides is 1. The quantitative estimate of drug-likeness (QED) is 0.274. The van der Waals surface area contributed by atoms with Crippen LogP contribution >= 0.6 is 0 Å². The molecule has 2 aromatic carbocycles. The molecule has 5 atom stereocenters. The molecule has 0 bridgehead atoms. The number of para-hydroxylation sites is 2. The molecular formula is C40H49FN4O6S. The summed E-state index contributed by atoms with van der Waals surface area (Å²) in [4.78, 5) is 49.9. The lowest BCUT2D eigenvalue weighted by Gasteiger charge is -2.37. The zero-order valence-electron chi connectivity index (χ0n) is 30.3. The van der Waals surface area contributed by atoms with Gasteiger partial charge in [-0.15, -0.1) is 0 Å². The summed E-state index contributed by atoms with van der Waals surface area (Å²) in [6, 6.07) is 13.0. The van der Waals surface area contributed by atoms with Gasteiger partial charge in [0, 0.05) is 25.3 Å². The number of imidazole rings is 1. The number of hydrogen-bond donors (Lipinski definition) is 1. The Morgan fingerprint density at radius 1 is 1.08 bits per heavy atom. The van der Waals surface area contributed by atoms with Crippen molar-refractivity contribution in [2.45, 2.75) is 115 Å². The van der Waals surface area contributed by atoms with Crippen molar-refractivity contribution in [3.8, 4) is 6.01 Å². The van der Waals surface area contributed by atoms with E-state index in [0.29, 0.717) is 44.7 Å². The topological polar surface area (TPSA) is 128 Å². The highest BCUT2D eigenvalue weighted by atomic mass is 32.2. The summed E-state index contributed by atoms with van der Waals surface area (Å²) in [7, 11) is -3.83. The summed E-state index contributed by atoms with van der Waals surface area (Å²) in [5.41, 5.74) is 0.617. The van der Waals surface area contributed by atoms with Crippen molar-refractivity contribution in [1.82, 2.24) is 19.2 Å². The van der Waals surface area contributed by atoms with E-state index in [-0.39, 0.29) is 42.8 Å². The fourth-order valence-electron chi connectivity index (χ4n) is 8.44. The van der Waals surface area contributed by atoms with Crippen molar-refractivity contribution < 1.29 is 31.9 Å². The first-order valence-corrected chi connectivity index (χ1v) is 20.3. The van der Waals surface area contributed by atoms with Gasteiger partial charge in [0.2, 0.25) is 21.8 Å². The predicted molar refractivity (Wildman–Crippen MR) is 195 cm³/mol. The number of allylic oxidation sites excluding steroid dienone is 2. The van der Waals surface area contributed by atoms with Crippen LogP contribution in [-0.4, -0.2) is 63.9 Å². The summed E-state index contributed by atoms with van der Waals surface area (Å²) in [5, 5.41) is -0.581. The van der Waals surface area contributed by atoms with Gasteiger partial charge < -0.3 is 9.64 Å². The molecule has 278 valence electrons. The fourth-order valence-corrected chi connectivity index (χ4v) is 9.82. The highest BCUT2D eigenvalue weighted by Crippen LogP contribution is 2.58. The van der Waals surface area contributed by atoms with Crippen LogP contribution in [0.25, 0.3) is 11.0 Å². The average Bonchev–Trinajstić information content (AvgIpc) is 4.00. The Kier molecular flexibility index (Phi) is 9.82. The number of ether oxygens (including phenoxy) is 1. The van der Waals surface area contributed by atoms with Gasteiger partial charge >= 0.3 is 0 Å². The number of fused-ring (bicyclic) bond motifs is 3. The standard InChI is InChI=1S/C40H49FN4O6S/c1-4-44-34-15-11-10-14-33(34)42-38(44)51-31-23-39(3)35(46)24-40(37(48)43-52(49,50)32-16-17-32)22-29(40)13-9-7-5-6-8-12-28(36(47)45(39)25-31)20-27-18-26(2)19-30(41)21-27/h9-11,13-15,18-19,21,28-29,31-32H,4-8,12,16-17,20,22-25H2,1-3H3,(H,43,48)/b13-9-/t28-,29-,31-,39+,40-/m1/s1. The van der Waals surface area contributed by atoms with Gasteiger partial charge in [-0.3, -0.25) is 23.7 Å². The van der Waals surface area contributed by atoms with Crippen LogP contribution in [0.5, 0.6) is 6.01 Å². The van der Waals surface area contributed by atoms with E-state index in [4.69, 9.17) is 9.72 Å². The van der Waals surface area contributed by atoms with Gasteiger partial charge in [0.1, 0.15) is 17.5 Å². The average molecular weight is 733 g/mol. The third-order valence-corrected chi connectivity index (χ3v) is 13.5. The van der Waals surface area contributed by atoms with Gasteiger partial charge in [-0.1, -0.05) is 43.2 Å². The number of rotatable bonds is 8. The maximum absolute atomic E-state index is 14.9. The van der Waals surface area contributed by atoms with Crippen LogP contribution < -0.4 is 9.46 Å². The molecule has 1 N–H and O–H groups in total. The molecule has 3 heterocycles. The minimum absolute atomic E-state index is 0.130. The molecule has 1 aromatic heterocycles. The predicted octanol–water partition coefficient (Wildman–Crippen LogP) is 6.20. The maximum Gasteiger partial charge on any atom is 0.297 e. The van der Waals surface area contributed by atoms with Crippen LogP contribution in [0.15, 0.2) is 54.6 Å². The van der Waals surface area contributed by atoms with Crippen molar-refractivity contribution in [3.05, 3.63) is 71.6 Å². The van der Waals surface area contributed by atoms with Crippen LogP contribution in [-0.2, 0) is 37.4 Å². The highest BCUT2D eigenvalue weighted by Gasteiger charge is 2.63. The van der Waals surface area contributed by atoms with E-state index in [1.54, 1.807) is 11.8 Å². The number of nitrogens with zero attached hydrogens (tertiary/aromatic N) is 3. The first-order valence-electron chi connectivity index (χ1n) is 18.8. The first-order chi connectivity index (χ1) is 24.8. The molecule has 2 aliphatic carbocycles. The van der Waals surface area contributed by atoms with E-state index in [1.807, 2.05) is 60.9 Å². The van der Waals surface area contributed by atoms with Gasteiger partial charge in [0.15, 0.2) is 5.78 Å². The Morgan fingerprint density at radius 2 is 1.87 bits per heavy atom. The molecule has 3 aromatic rings. The fraction of sp³-hybridized carbons (Fsp3) is 0.550. The van der Waals surface area contributed by atoms with Gasteiger partial charge in [0.25, 0.3) is 6.01 Å². The SMILES string of the molecule is CCn1c(O[C@H]2CN3C(=O)[C@@H](Cc4cc(C)cc(F)c4)CCCCC/C=C\[C@@H]4C[C@@]4(C(=O)NS(=O)(=O)C4CC4)CC(=O)[C@]3(C)C2)nc2ccccc21. The van der Waals surface area contributed by atoms with E-state index < -0.39 is 44.2 Å². The van der Waals surface area contributed by atoms with Crippen molar-refractivity contribution in [1.29, 1.82) is 0 Å². The normalized spacial score (nSPS) is 29.2. The van der Waals surface area contributed by atoms with Gasteiger partial charge in [-0.05, 0) is 107 Å². The van der Waals surface area contributed by atoms with Crippen molar-refractivity contribution in [2.24, 2.45) is 17.3 Å². The summed E-state index contributed by atoms with van der Waals surface area (Å²) in [6.07, 6.45) is 8.98. The Morgan fingerprint density at radius 3 is 2.62 bits per heavy atom. The van der Waals surface area contributed by atoms with Crippen LogP contribution in [0.1, 0.15) is 89.2 Å². The van der Waals surface area contributed by atoms with E-state index in [1.165, 1.54) is 12.1 Å². The molecule has 2 amide bonds. The van der Waals surface area contributed by atoms with Crippen molar-refractivity contribution in [2.75, 3.05) is 6.54 Å². The highest BCUT2D eigenvalue weighted by molar-refractivity contribution is 7.90. The third kappa shape index (κ3) is 7.15. The molecule has 1 saturated heterocycles. The minimum atomic E-state index is -3.83. The number of carbonyl (C=O) groups excluding carboxylic acids is 3. The molecule has 0 radical (unpaired) electrons. The van der Waals surface area contributed by atoms with E-state index in [0.717, 1.165) is 47.8 Å². The molecule has 7 rings (SSSR count). The largest absolute Gasteiger partial charge is 0.459 e. The van der Waals surface area contributed by atoms with E-state index in [2.05, 4.69) is 4.72 Å². The number of amides is 2. The molecule has 12 heteroatoms. The Labute approximate surface area is 305 Å². The van der Waals surface area contributed by atoms with E-state index >= 15 is 0 Å². The van der Waals surface area contributed by atoms with Gasteiger partial charge in [-0.25, -0.2) is 12.8 Å². The number of nitrogens with one attached hydrogen (secondary N) is 1. The summed E-state index contributed by atoms with van der Waals surface area (Å²) in [5.74, 6) is -2.31. The van der Waals surface area contributed by atoms with Gasteiger partial charge in [-0.2, -0.15) is 4.98 Å². The Hall–Kier alpha value is -4.06. The lowest BCUT2D eigenvalue weighted by molar-refractivity contribution is -0.147. The second-order valence-electron chi connectivity index (χ2n) is 15.6. The summed E-state index contributed by atoms with van der Waals surface area (Å²) in [6.45, 7) is 6.31. The lowest BCUT2D eigenvalue weighted by atomic mass is 9.83. The van der Waals surface area contributed by atoms with Crippen molar-refractivity contribution in [3.63, 3.8) is 0 Å². The first kappa shape index (κ1) is 36.3. The number of aromatic nitrogens is 2. The molecular weight excluding hydrogens is 684 g/mol. The molecule has 52 heavy (non-hydrogen) atoms. The number of aryl methyl sites for hydroxylation is 2. The molecule has 4 aliphatic rings. The van der Waals surface area contributed by atoms with Crippen molar-refractivity contribution >= 4 is 38.7 Å².